The van der Waals surface area contributed by atoms with E-state index >= 15 is 0 Å². The lowest BCUT2D eigenvalue weighted by Crippen LogP contribution is -2.63. The fraction of sp³-hybridized carbons (Fsp3) is 0.367. The first-order valence-corrected chi connectivity index (χ1v) is 13.3. The number of nitriles is 1. The van der Waals surface area contributed by atoms with Crippen LogP contribution >= 0.6 is 0 Å². The standard InChI is InChI=1S/C30H31N7O2/c1-19-15-36(24(22-9-10-22)17-35(19)29(38)30(2,3)39)27-26-23(21-7-5-4-6-8-21)16-37(28(26)34-18-33-27)25-13-20(14-31)11-12-32-25/h4-8,11-13,16,18-19,22,24,39H,9-10,15,17H2,1-3H3/t19-,24-/m1/s1. The van der Waals surface area contributed by atoms with Crippen LogP contribution in [0.1, 0.15) is 39.2 Å². The third kappa shape index (κ3) is 4.51. The quantitative estimate of drug-likeness (QED) is 0.423. The summed E-state index contributed by atoms with van der Waals surface area (Å²) in [5.41, 5.74) is 1.81. The molecule has 2 atom stereocenters. The molecule has 39 heavy (non-hydrogen) atoms. The number of hydrogen-bond donors (Lipinski definition) is 1. The maximum Gasteiger partial charge on any atom is 0.254 e. The van der Waals surface area contributed by atoms with Gasteiger partial charge in [0.25, 0.3) is 5.91 Å². The van der Waals surface area contributed by atoms with Crippen LogP contribution in [0, 0.1) is 17.2 Å². The minimum absolute atomic E-state index is 0.0811. The molecular formula is C30H31N7O2. The number of hydrogen-bond acceptors (Lipinski definition) is 7. The summed E-state index contributed by atoms with van der Waals surface area (Å²) >= 11 is 0. The molecule has 0 radical (unpaired) electrons. The highest BCUT2D eigenvalue weighted by molar-refractivity contribution is 6.02. The second-order valence-electron chi connectivity index (χ2n) is 11.1. The highest BCUT2D eigenvalue weighted by atomic mass is 16.3. The van der Waals surface area contributed by atoms with Crippen LogP contribution in [0.15, 0.2) is 61.2 Å². The number of aromatic nitrogens is 4. The second kappa shape index (κ2) is 9.47. The summed E-state index contributed by atoms with van der Waals surface area (Å²) in [5.74, 6) is 1.65. The number of aliphatic hydroxyl groups is 1. The molecule has 6 rings (SSSR count). The Morgan fingerprint density at radius 3 is 2.56 bits per heavy atom. The molecule has 1 saturated heterocycles. The molecule has 9 nitrogen and oxygen atoms in total. The molecule has 1 amide bonds. The summed E-state index contributed by atoms with van der Waals surface area (Å²) in [5, 5.41) is 20.9. The van der Waals surface area contributed by atoms with Crippen molar-refractivity contribution in [2.24, 2.45) is 5.92 Å². The topological polar surface area (TPSA) is 111 Å². The van der Waals surface area contributed by atoms with Crippen molar-refractivity contribution in [3.63, 3.8) is 0 Å². The van der Waals surface area contributed by atoms with E-state index in [0.29, 0.717) is 36.0 Å². The molecule has 3 aromatic heterocycles. The zero-order chi connectivity index (χ0) is 27.3. The predicted octanol–water partition coefficient (Wildman–Crippen LogP) is 3.94. The van der Waals surface area contributed by atoms with Crippen molar-refractivity contribution in [1.29, 1.82) is 5.26 Å². The summed E-state index contributed by atoms with van der Waals surface area (Å²) in [6.07, 6.45) is 7.44. The Hall–Kier alpha value is -4.29. The van der Waals surface area contributed by atoms with Crippen molar-refractivity contribution in [2.45, 2.75) is 51.3 Å². The Morgan fingerprint density at radius 2 is 1.87 bits per heavy atom. The van der Waals surface area contributed by atoms with Crippen LogP contribution in [0.3, 0.4) is 0 Å². The van der Waals surface area contributed by atoms with Crippen molar-refractivity contribution in [2.75, 3.05) is 18.0 Å². The fourth-order valence-electron chi connectivity index (χ4n) is 5.66. The first-order chi connectivity index (χ1) is 18.8. The monoisotopic (exact) mass is 521 g/mol. The number of rotatable bonds is 5. The number of piperazine rings is 1. The van der Waals surface area contributed by atoms with E-state index in [0.717, 1.165) is 35.2 Å². The lowest BCUT2D eigenvalue weighted by molar-refractivity contribution is -0.151. The highest BCUT2D eigenvalue weighted by Gasteiger charge is 2.45. The van der Waals surface area contributed by atoms with Gasteiger partial charge in [-0.15, -0.1) is 0 Å². The molecule has 2 aliphatic rings. The minimum Gasteiger partial charge on any atom is -0.381 e. The van der Waals surface area contributed by atoms with Gasteiger partial charge in [0.1, 0.15) is 23.6 Å². The molecular weight excluding hydrogens is 490 g/mol. The van der Waals surface area contributed by atoms with Crippen molar-refractivity contribution in [1.82, 2.24) is 24.4 Å². The van der Waals surface area contributed by atoms with Crippen molar-refractivity contribution >= 4 is 22.8 Å². The van der Waals surface area contributed by atoms with Gasteiger partial charge in [0.15, 0.2) is 5.65 Å². The van der Waals surface area contributed by atoms with Crippen molar-refractivity contribution < 1.29 is 9.90 Å². The Labute approximate surface area is 227 Å². The number of pyridine rings is 1. The molecule has 0 unspecified atom stereocenters. The molecule has 1 aliphatic heterocycles. The van der Waals surface area contributed by atoms with E-state index in [1.165, 1.54) is 0 Å². The SMILES string of the molecule is C[C@@H]1CN(c2ncnc3c2c(-c2ccccc2)cn3-c2cc(C#N)ccn2)[C@@H](C2CC2)CN1C(=O)C(C)(C)O. The van der Waals surface area contributed by atoms with Gasteiger partial charge in [0.2, 0.25) is 0 Å². The number of amides is 1. The molecule has 4 aromatic rings. The van der Waals surface area contributed by atoms with E-state index in [1.807, 2.05) is 40.8 Å². The first kappa shape index (κ1) is 25.0. The zero-order valence-corrected chi connectivity index (χ0v) is 22.3. The summed E-state index contributed by atoms with van der Waals surface area (Å²) in [7, 11) is 0. The van der Waals surface area contributed by atoms with Crippen LogP contribution in [-0.2, 0) is 4.79 Å². The van der Waals surface area contributed by atoms with E-state index in [4.69, 9.17) is 9.97 Å². The van der Waals surface area contributed by atoms with Gasteiger partial charge in [-0.25, -0.2) is 15.0 Å². The Morgan fingerprint density at radius 1 is 1.10 bits per heavy atom. The third-order valence-corrected chi connectivity index (χ3v) is 7.77. The molecule has 1 aliphatic carbocycles. The summed E-state index contributed by atoms with van der Waals surface area (Å²) < 4.78 is 1.92. The zero-order valence-electron chi connectivity index (χ0n) is 22.3. The number of nitrogens with zero attached hydrogens (tertiary/aromatic N) is 7. The number of carbonyl (C=O) groups excluding carboxylic acids is 1. The van der Waals surface area contributed by atoms with E-state index in [2.05, 4.69) is 28.1 Å². The molecule has 2 fully saturated rings. The van der Waals surface area contributed by atoms with Crippen LogP contribution < -0.4 is 4.90 Å². The Balaban J connectivity index is 1.52. The van der Waals surface area contributed by atoms with Gasteiger partial charge in [0, 0.05) is 37.1 Å². The van der Waals surface area contributed by atoms with Crippen LogP contribution in [0.2, 0.25) is 0 Å². The number of benzene rings is 1. The maximum absolute atomic E-state index is 13.1. The van der Waals surface area contributed by atoms with Gasteiger partial charge >= 0.3 is 0 Å². The average Bonchev–Trinajstić information content (AvgIpc) is 3.71. The largest absolute Gasteiger partial charge is 0.381 e. The molecule has 0 bridgehead atoms. The normalized spacial score (nSPS) is 19.8. The lowest BCUT2D eigenvalue weighted by Gasteiger charge is -2.47. The molecule has 0 spiro atoms. The maximum atomic E-state index is 13.1. The minimum atomic E-state index is -1.42. The smallest absolute Gasteiger partial charge is 0.254 e. The van der Waals surface area contributed by atoms with E-state index in [1.54, 1.807) is 38.5 Å². The van der Waals surface area contributed by atoms with Gasteiger partial charge in [0.05, 0.1) is 23.1 Å². The molecule has 9 heteroatoms. The van der Waals surface area contributed by atoms with Gasteiger partial charge in [-0.1, -0.05) is 30.3 Å². The highest BCUT2D eigenvalue weighted by Crippen LogP contribution is 2.43. The van der Waals surface area contributed by atoms with Crippen molar-refractivity contribution in [3.8, 4) is 23.0 Å². The van der Waals surface area contributed by atoms with Crippen LogP contribution in [0.4, 0.5) is 5.82 Å². The van der Waals surface area contributed by atoms with Gasteiger partial charge in [-0.05, 0) is 57.2 Å². The van der Waals surface area contributed by atoms with Crippen LogP contribution in [0.25, 0.3) is 28.0 Å². The van der Waals surface area contributed by atoms with E-state index < -0.39 is 5.60 Å². The lowest BCUT2D eigenvalue weighted by atomic mass is 9.98. The number of fused-ring (bicyclic) bond motifs is 1. The van der Waals surface area contributed by atoms with Gasteiger partial charge in [-0.2, -0.15) is 5.26 Å². The summed E-state index contributed by atoms with van der Waals surface area (Å²) in [6, 6.07) is 15.7. The third-order valence-electron chi connectivity index (χ3n) is 7.77. The predicted molar refractivity (Wildman–Crippen MR) is 148 cm³/mol. The van der Waals surface area contributed by atoms with Crippen LogP contribution in [0.5, 0.6) is 0 Å². The number of carbonyl (C=O) groups is 1. The van der Waals surface area contributed by atoms with Gasteiger partial charge < -0.3 is 14.9 Å². The summed E-state index contributed by atoms with van der Waals surface area (Å²) in [6.45, 7) is 6.26. The summed E-state index contributed by atoms with van der Waals surface area (Å²) in [4.78, 5) is 31.4. The van der Waals surface area contributed by atoms with E-state index in [-0.39, 0.29) is 18.0 Å². The van der Waals surface area contributed by atoms with Gasteiger partial charge in [-0.3, -0.25) is 9.36 Å². The molecule has 4 heterocycles. The van der Waals surface area contributed by atoms with Crippen LogP contribution in [-0.4, -0.2) is 66.2 Å². The Kier molecular flexibility index (Phi) is 6.07. The fourth-order valence-corrected chi connectivity index (χ4v) is 5.66. The average molecular weight is 522 g/mol. The molecule has 1 saturated carbocycles. The second-order valence-corrected chi connectivity index (χ2v) is 11.1. The van der Waals surface area contributed by atoms with Crippen molar-refractivity contribution in [3.05, 3.63) is 66.7 Å². The number of anilines is 1. The molecule has 1 N–H and O–H groups in total. The molecule has 1 aromatic carbocycles. The molecule has 198 valence electrons. The van der Waals surface area contributed by atoms with E-state index in [9.17, 15) is 15.2 Å². The first-order valence-electron chi connectivity index (χ1n) is 13.3. The Bertz CT molecular complexity index is 1580.